The third-order valence-corrected chi connectivity index (χ3v) is 4.54. The molecule has 0 saturated heterocycles. The van der Waals surface area contributed by atoms with Crippen molar-refractivity contribution in [2.75, 3.05) is 13.2 Å². The topological polar surface area (TPSA) is 38.7 Å². The molecule has 0 aliphatic heterocycles. The van der Waals surface area contributed by atoms with Crippen molar-refractivity contribution >= 4 is 0 Å². The van der Waals surface area contributed by atoms with E-state index >= 15 is 0 Å². The van der Waals surface area contributed by atoms with Crippen molar-refractivity contribution in [3.63, 3.8) is 0 Å². The highest BCUT2D eigenvalue weighted by atomic mass is 19.1. The molecule has 1 aliphatic carbocycles. The Balaban J connectivity index is 1.44. The lowest BCUT2D eigenvalue weighted by Crippen LogP contribution is -2.58. The van der Waals surface area contributed by atoms with Gasteiger partial charge in [-0.25, -0.2) is 4.39 Å². The molecule has 4 heteroatoms. The maximum Gasteiger partial charge on any atom is 0.144 e. The molecule has 2 aromatic carbocycles. The lowest BCUT2D eigenvalue weighted by molar-refractivity contribution is -0.180. The van der Waals surface area contributed by atoms with Crippen LogP contribution in [-0.2, 0) is 22.7 Å². The third kappa shape index (κ3) is 4.20. The molecule has 3 rings (SSSR count). The highest BCUT2D eigenvalue weighted by molar-refractivity contribution is 5.14. The summed E-state index contributed by atoms with van der Waals surface area (Å²) in [5, 5.41) is 9.88. The average molecular weight is 330 g/mol. The summed E-state index contributed by atoms with van der Waals surface area (Å²) in [7, 11) is 0. The van der Waals surface area contributed by atoms with Crippen LogP contribution in [0, 0.1) is 5.92 Å². The van der Waals surface area contributed by atoms with Crippen molar-refractivity contribution < 1.29 is 19.0 Å². The molecule has 128 valence electrons. The monoisotopic (exact) mass is 330 g/mol. The summed E-state index contributed by atoms with van der Waals surface area (Å²) in [6.07, 6.45) is -0.549. The van der Waals surface area contributed by atoms with Crippen LogP contribution in [0.5, 0.6) is 0 Å². The fourth-order valence-corrected chi connectivity index (χ4v) is 3.04. The third-order valence-electron chi connectivity index (χ3n) is 4.54. The second-order valence-electron chi connectivity index (χ2n) is 6.39. The Morgan fingerprint density at radius 3 is 2.00 bits per heavy atom. The molecular weight excluding hydrogens is 307 g/mol. The lowest BCUT2D eigenvalue weighted by atomic mass is 9.69. The van der Waals surface area contributed by atoms with Gasteiger partial charge in [-0.2, -0.15) is 0 Å². The number of ether oxygens (including phenoxy) is 2. The Hall–Kier alpha value is -1.75. The van der Waals surface area contributed by atoms with E-state index in [2.05, 4.69) is 0 Å². The van der Waals surface area contributed by atoms with Gasteiger partial charge in [-0.3, -0.25) is 0 Å². The van der Waals surface area contributed by atoms with Gasteiger partial charge in [-0.05, 0) is 11.1 Å². The first-order chi connectivity index (χ1) is 11.7. The van der Waals surface area contributed by atoms with Gasteiger partial charge in [0.2, 0.25) is 0 Å². The van der Waals surface area contributed by atoms with Gasteiger partial charge in [0.25, 0.3) is 0 Å². The fourth-order valence-electron chi connectivity index (χ4n) is 3.04. The standard InChI is InChI=1S/C20H23FO3/c21-20(15-24-13-17-9-5-2-6-10-17)11-19(22)18(20)14-23-12-16-7-3-1-4-8-16/h1-10,18-19,22H,11-15H2/t18-,19-,20+/m0/s1. The molecule has 0 amide bonds. The van der Waals surface area contributed by atoms with Crippen molar-refractivity contribution in [2.45, 2.75) is 31.4 Å². The number of halogens is 1. The molecule has 0 aromatic heterocycles. The van der Waals surface area contributed by atoms with Crippen LogP contribution in [0.15, 0.2) is 60.7 Å². The van der Waals surface area contributed by atoms with E-state index in [0.29, 0.717) is 13.2 Å². The highest BCUT2D eigenvalue weighted by Gasteiger charge is 2.54. The van der Waals surface area contributed by atoms with E-state index in [1.54, 1.807) is 0 Å². The molecule has 3 atom stereocenters. The molecule has 0 unspecified atom stereocenters. The molecular formula is C20H23FO3. The zero-order valence-electron chi connectivity index (χ0n) is 13.6. The van der Waals surface area contributed by atoms with E-state index in [4.69, 9.17) is 9.47 Å². The number of aliphatic hydroxyl groups is 1. The normalized spacial score (nSPS) is 26.1. The molecule has 24 heavy (non-hydrogen) atoms. The van der Waals surface area contributed by atoms with Crippen molar-refractivity contribution in [1.29, 1.82) is 0 Å². The maximum absolute atomic E-state index is 14.9. The van der Waals surface area contributed by atoms with Gasteiger partial charge in [-0.1, -0.05) is 60.7 Å². The van der Waals surface area contributed by atoms with E-state index in [-0.39, 0.29) is 19.6 Å². The first-order valence-electron chi connectivity index (χ1n) is 8.28. The molecule has 1 aliphatic rings. The zero-order chi connectivity index (χ0) is 16.8. The Bertz CT molecular complexity index is 619. The van der Waals surface area contributed by atoms with Crippen molar-refractivity contribution in [1.82, 2.24) is 0 Å². The molecule has 3 nitrogen and oxygen atoms in total. The summed E-state index contributed by atoms with van der Waals surface area (Å²) < 4.78 is 26.0. The molecule has 1 fully saturated rings. The summed E-state index contributed by atoms with van der Waals surface area (Å²) in [6.45, 7) is 0.977. The number of benzene rings is 2. The SMILES string of the molecule is O[C@H]1C[C@@](F)(COCc2ccccc2)[C@H]1COCc1ccccc1. The van der Waals surface area contributed by atoms with Gasteiger partial charge >= 0.3 is 0 Å². The Morgan fingerprint density at radius 2 is 1.46 bits per heavy atom. The Kier molecular flexibility index (Phi) is 5.61. The molecule has 1 N–H and O–H groups in total. The highest BCUT2D eigenvalue weighted by Crippen LogP contribution is 2.43. The first-order valence-corrected chi connectivity index (χ1v) is 8.28. The number of hydrogen-bond acceptors (Lipinski definition) is 3. The van der Waals surface area contributed by atoms with Gasteiger partial charge in [0.1, 0.15) is 5.67 Å². The predicted molar refractivity (Wildman–Crippen MR) is 90.1 cm³/mol. The Labute approximate surface area is 142 Å². The minimum atomic E-state index is -1.51. The van der Waals surface area contributed by atoms with E-state index in [0.717, 1.165) is 11.1 Å². The minimum absolute atomic E-state index is 0.0156. The van der Waals surface area contributed by atoms with Gasteiger partial charge in [0.15, 0.2) is 0 Å². The number of aliphatic hydroxyl groups excluding tert-OH is 1. The maximum atomic E-state index is 14.9. The molecule has 0 bridgehead atoms. The van der Waals surface area contributed by atoms with Crippen LogP contribution in [0.4, 0.5) is 4.39 Å². The van der Waals surface area contributed by atoms with Gasteiger partial charge in [0.05, 0.1) is 32.5 Å². The van der Waals surface area contributed by atoms with Gasteiger partial charge in [-0.15, -0.1) is 0 Å². The van der Waals surface area contributed by atoms with E-state index in [1.807, 2.05) is 60.7 Å². The summed E-state index contributed by atoms with van der Waals surface area (Å²) >= 11 is 0. The molecule has 0 spiro atoms. The van der Waals surface area contributed by atoms with E-state index in [9.17, 15) is 9.50 Å². The smallest absolute Gasteiger partial charge is 0.144 e. The number of hydrogen-bond donors (Lipinski definition) is 1. The summed E-state index contributed by atoms with van der Waals surface area (Å²) in [5.41, 5.74) is 0.541. The first kappa shape index (κ1) is 17.1. The van der Waals surface area contributed by atoms with E-state index < -0.39 is 17.7 Å². The van der Waals surface area contributed by atoms with Crippen LogP contribution >= 0.6 is 0 Å². The van der Waals surface area contributed by atoms with Crippen LogP contribution in [0.3, 0.4) is 0 Å². The second kappa shape index (κ2) is 7.88. The largest absolute Gasteiger partial charge is 0.392 e. The predicted octanol–water partition coefficient (Wildman–Crippen LogP) is 3.51. The average Bonchev–Trinajstić information content (AvgIpc) is 2.60. The molecule has 2 aromatic rings. The molecule has 0 heterocycles. The zero-order valence-corrected chi connectivity index (χ0v) is 13.6. The van der Waals surface area contributed by atoms with E-state index in [1.165, 1.54) is 0 Å². The molecule has 0 radical (unpaired) electrons. The number of rotatable bonds is 8. The summed E-state index contributed by atoms with van der Waals surface area (Å²) in [5.74, 6) is -0.531. The molecule has 1 saturated carbocycles. The second-order valence-corrected chi connectivity index (χ2v) is 6.39. The summed E-state index contributed by atoms with van der Waals surface area (Å²) in [6, 6.07) is 19.4. The van der Waals surface area contributed by atoms with Gasteiger partial charge in [0, 0.05) is 12.3 Å². The van der Waals surface area contributed by atoms with Crippen LogP contribution in [-0.4, -0.2) is 30.1 Å². The van der Waals surface area contributed by atoms with Crippen LogP contribution in [0.25, 0.3) is 0 Å². The van der Waals surface area contributed by atoms with Crippen molar-refractivity contribution in [2.24, 2.45) is 5.92 Å². The van der Waals surface area contributed by atoms with Crippen molar-refractivity contribution in [3.8, 4) is 0 Å². The minimum Gasteiger partial charge on any atom is -0.392 e. The fraction of sp³-hybridized carbons (Fsp3) is 0.400. The van der Waals surface area contributed by atoms with Gasteiger partial charge < -0.3 is 14.6 Å². The van der Waals surface area contributed by atoms with Crippen LogP contribution < -0.4 is 0 Å². The van der Waals surface area contributed by atoms with Crippen LogP contribution in [0.2, 0.25) is 0 Å². The van der Waals surface area contributed by atoms with Crippen LogP contribution in [0.1, 0.15) is 17.5 Å². The number of alkyl halides is 1. The van der Waals surface area contributed by atoms with Crippen molar-refractivity contribution in [3.05, 3.63) is 71.8 Å². The lowest BCUT2D eigenvalue weighted by Gasteiger charge is -2.46. The quantitative estimate of drug-likeness (QED) is 0.805. The Morgan fingerprint density at radius 1 is 0.917 bits per heavy atom. The summed E-state index contributed by atoms with van der Waals surface area (Å²) in [4.78, 5) is 0.